The number of nitrogens with zero attached hydrogens (tertiary/aromatic N) is 3. The average molecular weight is 626 g/mol. The summed E-state index contributed by atoms with van der Waals surface area (Å²) in [7, 11) is 1.64. The second-order valence-corrected chi connectivity index (χ2v) is 11.3. The lowest BCUT2D eigenvalue weighted by atomic mass is 9.97. The summed E-state index contributed by atoms with van der Waals surface area (Å²) in [5, 5.41) is 0. The van der Waals surface area contributed by atoms with Gasteiger partial charge in [0.05, 0.1) is 50.1 Å². The van der Waals surface area contributed by atoms with Gasteiger partial charge in [0.2, 0.25) is 0 Å². The van der Waals surface area contributed by atoms with E-state index in [1.165, 1.54) is 4.90 Å². The van der Waals surface area contributed by atoms with Crippen molar-refractivity contribution in [2.45, 2.75) is 44.7 Å². The third-order valence-electron chi connectivity index (χ3n) is 8.12. The Hall–Kier alpha value is -3.11. The first-order valence-corrected chi connectivity index (χ1v) is 14.4. The number of morpholine rings is 1. The Morgan fingerprint density at radius 1 is 0.909 bits per heavy atom. The second kappa shape index (κ2) is 14.3. The smallest absolute Gasteiger partial charge is 0.383 e. The lowest BCUT2D eigenvalue weighted by Crippen LogP contribution is -2.56. The predicted octanol–water partition coefficient (Wildman–Crippen LogP) is 5.06. The maximum absolute atomic E-state index is 13.6. The molecule has 2 aliphatic rings. The van der Waals surface area contributed by atoms with Gasteiger partial charge >= 0.3 is 12.4 Å². The number of alkyl halides is 6. The van der Waals surface area contributed by atoms with Crippen LogP contribution < -0.4 is 0 Å². The molecule has 0 spiro atoms. The summed E-state index contributed by atoms with van der Waals surface area (Å²) >= 11 is 0. The summed E-state index contributed by atoms with van der Waals surface area (Å²) in [4.78, 5) is 19.3. The molecule has 12 heteroatoms. The van der Waals surface area contributed by atoms with Crippen molar-refractivity contribution in [3.05, 3.63) is 69.8 Å². The number of amides is 1. The highest BCUT2D eigenvalue weighted by Gasteiger charge is 2.39. The van der Waals surface area contributed by atoms with Crippen molar-refractivity contribution in [2.24, 2.45) is 0 Å². The summed E-state index contributed by atoms with van der Waals surface area (Å²) in [6.45, 7) is 8.21. The van der Waals surface area contributed by atoms with Gasteiger partial charge < -0.3 is 14.4 Å². The molecule has 2 saturated heterocycles. The number of benzene rings is 2. The zero-order valence-electron chi connectivity index (χ0n) is 25.0. The average Bonchev–Trinajstić information content (AvgIpc) is 2.97. The van der Waals surface area contributed by atoms with Crippen LogP contribution in [0.1, 0.15) is 38.2 Å². The number of halogens is 6. The zero-order chi connectivity index (χ0) is 32.1. The van der Waals surface area contributed by atoms with Crippen molar-refractivity contribution in [2.75, 3.05) is 66.2 Å². The second-order valence-electron chi connectivity index (χ2n) is 11.3. The van der Waals surface area contributed by atoms with Crippen molar-refractivity contribution < 1.29 is 40.6 Å². The molecule has 0 unspecified atom stereocenters. The number of hydrogen-bond acceptors (Lipinski definition) is 5. The Morgan fingerprint density at radius 2 is 1.59 bits per heavy atom. The van der Waals surface area contributed by atoms with Gasteiger partial charge in [0.15, 0.2) is 0 Å². The number of methoxy groups -OCH3 is 1. The van der Waals surface area contributed by atoms with Crippen LogP contribution in [0.25, 0.3) is 0 Å². The minimum atomic E-state index is -5.04. The third kappa shape index (κ3) is 8.75. The fourth-order valence-electron chi connectivity index (χ4n) is 5.52. The topological polar surface area (TPSA) is 45.3 Å². The maximum Gasteiger partial charge on any atom is 0.416 e. The summed E-state index contributed by atoms with van der Waals surface area (Å²) in [5.41, 5.74) is -0.617. The summed E-state index contributed by atoms with van der Waals surface area (Å²) in [6.07, 6.45) is -9.71. The van der Waals surface area contributed by atoms with Crippen LogP contribution in [0.4, 0.5) is 26.3 Å². The standard InChI is InChI=1S/C32H37F6N3O3/c1-22-6-7-24(14-23(22)2)15-28-19-39(8-4-5-9-40-12-13-44-21-29(40)20-43-3)10-11-41(28)30(42)25-16-26(31(33,34)35)18-27(17-25)32(36,37)38/h6-7,14,16-18,28-29H,8-13,15,19-21H2,1-3H3/t28-,29+/m1/s1. The summed E-state index contributed by atoms with van der Waals surface area (Å²) in [6, 6.07) is 6.54. The van der Waals surface area contributed by atoms with Crippen LogP contribution in [0, 0.1) is 25.7 Å². The summed E-state index contributed by atoms with van der Waals surface area (Å²) < 4.78 is 92.0. The molecule has 44 heavy (non-hydrogen) atoms. The molecule has 2 fully saturated rings. The molecular weight excluding hydrogens is 588 g/mol. The van der Waals surface area contributed by atoms with E-state index in [2.05, 4.69) is 21.6 Å². The van der Waals surface area contributed by atoms with Crippen molar-refractivity contribution in [1.82, 2.24) is 14.7 Å². The Kier molecular flexibility index (Phi) is 11.0. The van der Waals surface area contributed by atoms with E-state index in [1.54, 1.807) is 7.11 Å². The number of rotatable bonds is 7. The Bertz CT molecular complexity index is 1330. The quantitative estimate of drug-likeness (QED) is 0.318. The van der Waals surface area contributed by atoms with Crippen LogP contribution in [0.3, 0.4) is 0 Å². The number of carbonyl (C=O) groups is 1. The van der Waals surface area contributed by atoms with E-state index >= 15 is 0 Å². The molecule has 0 saturated carbocycles. The molecule has 2 aromatic carbocycles. The van der Waals surface area contributed by atoms with Gasteiger partial charge in [0.25, 0.3) is 5.91 Å². The van der Waals surface area contributed by atoms with Gasteiger partial charge in [-0.1, -0.05) is 30.0 Å². The van der Waals surface area contributed by atoms with Gasteiger partial charge in [-0.15, -0.1) is 0 Å². The molecule has 0 aromatic heterocycles. The van der Waals surface area contributed by atoms with E-state index in [1.807, 2.05) is 32.0 Å². The summed E-state index contributed by atoms with van der Waals surface area (Å²) in [5.74, 6) is 5.52. The molecule has 240 valence electrons. The van der Waals surface area contributed by atoms with Crippen LogP contribution in [-0.2, 0) is 28.2 Å². The molecular formula is C32H37F6N3O3. The number of ether oxygens (including phenoxy) is 2. The lowest BCUT2D eigenvalue weighted by molar-refractivity contribution is -0.143. The minimum Gasteiger partial charge on any atom is -0.383 e. The Balaban J connectivity index is 1.55. The molecule has 2 atom stereocenters. The van der Waals surface area contributed by atoms with E-state index in [0.717, 1.165) is 23.2 Å². The molecule has 2 aromatic rings. The zero-order valence-corrected chi connectivity index (χ0v) is 25.0. The van der Waals surface area contributed by atoms with Gasteiger partial charge in [-0.3, -0.25) is 14.6 Å². The van der Waals surface area contributed by atoms with Crippen molar-refractivity contribution in [1.29, 1.82) is 0 Å². The van der Waals surface area contributed by atoms with Crippen molar-refractivity contribution >= 4 is 5.91 Å². The number of carbonyl (C=O) groups excluding carboxylic acids is 1. The normalized spacial score (nSPS) is 20.3. The van der Waals surface area contributed by atoms with Crippen molar-refractivity contribution in [3.8, 4) is 11.8 Å². The van der Waals surface area contributed by atoms with E-state index in [4.69, 9.17) is 9.47 Å². The van der Waals surface area contributed by atoms with Gasteiger partial charge in [0, 0.05) is 44.9 Å². The highest BCUT2D eigenvalue weighted by Crippen LogP contribution is 2.37. The van der Waals surface area contributed by atoms with Crippen LogP contribution >= 0.6 is 0 Å². The first-order valence-electron chi connectivity index (χ1n) is 14.4. The van der Waals surface area contributed by atoms with Gasteiger partial charge in [-0.2, -0.15) is 26.3 Å². The van der Waals surface area contributed by atoms with E-state index in [9.17, 15) is 31.1 Å². The number of piperazine rings is 1. The maximum atomic E-state index is 13.6. The fraction of sp³-hybridized carbons (Fsp3) is 0.531. The largest absolute Gasteiger partial charge is 0.416 e. The molecule has 0 bridgehead atoms. The lowest BCUT2D eigenvalue weighted by Gasteiger charge is -2.41. The fourth-order valence-corrected chi connectivity index (χ4v) is 5.52. The van der Waals surface area contributed by atoms with Crippen LogP contribution in [0.2, 0.25) is 0 Å². The van der Waals surface area contributed by atoms with E-state index in [0.29, 0.717) is 64.6 Å². The number of aryl methyl sites for hydroxylation is 2. The monoisotopic (exact) mass is 625 g/mol. The SMILES string of the molecule is COC[C@H]1COCCN1CC#CCN1CCN(C(=O)c2cc(C(F)(F)F)cc(C(F)(F)F)c2)[C@H](Cc2ccc(C)c(C)c2)C1. The van der Waals surface area contributed by atoms with Gasteiger partial charge in [-0.25, -0.2) is 0 Å². The molecule has 4 rings (SSSR count). The first-order chi connectivity index (χ1) is 20.8. The Labute approximate surface area is 253 Å². The number of hydrogen-bond donors (Lipinski definition) is 0. The van der Waals surface area contributed by atoms with Crippen LogP contribution in [-0.4, -0.2) is 98.9 Å². The molecule has 1 amide bonds. The van der Waals surface area contributed by atoms with Gasteiger partial charge in [0.1, 0.15) is 0 Å². The molecule has 0 radical (unpaired) electrons. The molecule has 0 aliphatic carbocycles. The van der Waals surface area contributed by atoms with Gasteiger partial charge in [-0.05, 0) is 55.2 Å². The van der Waals surface area contributed by atoms with Crippen LogP contribution in [0.5, 0.6) is 0 Å². The Morgan fingerprint density at radius 3 is 2.23 bits per heavy atom. The predicted molar refractivity (Wildman–Crippen MR) is 153 cm³/mol. The van der Waals surface area contributed by atoms with E-state index < -0.39 is 41.0 Å². The molecule has 2 aliphatic heterocycles. The minimum absolute atomic E-state index is 0.0361. The molecule has 2 heterocycles. The van der Waals surface area contributed by atoms with Crippen LogP contribution in [0.15, 0.2) is 36.4 Å². The highest BCUT2D eigenvalue weighted by atomic mass is 19.4. The van der Waals surface area contributed by atoms with E-state index in [-0.39, 0.29) is 18.7 Å². The third-order valence-corrected chi connectivity index (χ3v) is 8.12. The highest BCUT2D eigenvalue weighted by molar-refractivity contribution is 5.95. The molecule has 6 nitrogen and oxygen atoms in total. The molecule has 0 N–H and O–H groups in total. The van der Waals surface area contributed by atoms with Crippen molar-refractivity contribution in [3.63, 3.8) is 0 Å². The first kappa shape index (κ1) is 33.8.